The van der Waals surface area contributed by atoms with Crippen LogP contribution in [0.2, 0.25) is 0 Å². The molecule has 152 valence electrons. The molecule has 1 aromatic heterocycles. The second kappa shape index (κ2) is 9.98. The second-order valence-corrected chi connectivity index (χ2v) is 6.28. The Morgan fingerprint density at radius 3 is 1.93 bits per heavy atom. The molecule has 0 saturated carbocycles. The first-order valence-electron chi connectivity index (χ1n) is 8.87. The molecule has 0 spiro atoms. The van der Waals surface area contributed by atoms with Gasteiger partial charge in [-0.25, -0.2) is 14.6 Å². The molecule has 1 aliphatic heterocycles. The summed E-state index contributed by atoms with van der Waals surface area (Å²) in [4.78, 5) is 49.0. The van der Waals surface area contributed by atoms with Crippen LogP contribution in [0.3, 0.4) is 0 Å². The molecule has 2 amide bonds. The molecular formula is C20H21N3O6. The molecule has 0 bridgehead atoms. The van der Waals surface area contributed by atoms with E-state index in [-0.39, 0.29) is 11.8 Å². The van der Waals surface area contributed by atoms with Crippen LogP contribution in [0.25, 0.3) is 0 Å². The zero-order chi connectivity index (χ0) is 21.4. The van der Waals surface area contributed by atoms with Crippen LogP contribution >= 0.6 is 0 Å². The van der Waals surface area contributed by atoms with E-state index in [1.54, 1.807) is 30.6 Å². The van der Waals surface area contributed by atoms with E-state index in [0.29, 0.717) is 29.8 Å². The fourth-order valence-electron chi connectivity index (χ4n) is 2.74. The van der Waals surface area contributed by atoms with Gasteiger partial charge in [0.1, 0.15) is 0 Å². The average Bonchev–Trinajstić information content (AvgIpc) is 3.20. The smallest absolute Gasteiger partial charge is 0.328 e. The molecule has 3 rings (SSSR count). The van der Waals surface area contributed by atoms with E-state index < -0.39 is 11.9 Å². The molecular weight excluding hydrogens is 378 g/mol. The van der Waals surface area contributed by atoms with Crippen molar-refractivity contribution in [2.75, 3.05) is 6.54 Å². The molecule has 2 heterocycles. The van der Waals surface area contributed by atoms with Crippen LogP contribution in [0.15, 0.2) is 48.9 Å². The third kappa shape index (κ3) is 6.13. The number of benzene rings is 1. The number of rotatable bonds is 7. The van der Waals surface area contributed by atoms with E-state index in [0.717, 1.165) is 25.1 Å². The summed E-state index contributed by atoms with van der Waals surface area (Å²) in [6.07, 6.45) is 6.61. The minimum atomic E-state index is -1.26. The van der Waals surface area contributed by atoms with E-state index in [2.05, 4.69) is 4.98 Å². The van der Waals surface area contributed by atoms with Gasteiger partial charge in [-0.3, -0.25) is 14.5 Å². The molecule has 9 heteroatoms. The zero-order valence-corrected chi connectivity index (χ0v) is 15.8. The molecule has 2 aromatic rings. The number of fused-ring (bicyclic) bond motifs is 1. The number of aliphatic carboxylic acids is 2. The summed E-state index contributed by atoms with van der Waals surface area (Å²) in [6.45, 7) is 3.28. The third-order valence-electron chi connectivity index (χ3n) is 4.06. The van der Waals surface area contributed by atoms with Gasteiger partial charge >= 0.3 is 11.9 Å². The SMILES string of the molecule is Cc1cn(CCCCN2C(=O)c3ccccc3C2=O)cn1.O=C(O)/C=C/C(=O)O. The van der Waals surface area contributed by atoms with Crippen molar-refractivity contribution in [3.05, 3.63) is 65.8 Å². The number of aryl methyl sites for hydroxylation is 2. The Balaban J connectivity index is 0.000000321. The van der Waals surface area contributed by atoms with Crippen molar-refractivity contribution in [3.8, 4) is 0 Å². The zero-order valence-electron chi connectivity index (χ0n) is 15.8. The number of aromatic nitrogens is 2. The van der Waals surface area contributed by atoms with E-state index in [1.165, 1.54) is 4.90 Å². The van der Waals surface area contributed by atoms with E-state index >= 15 is 0 Å². The number of hydrogen-bond acceptors (Lipinski definition) is 5. The fraction of sp³-hybridized carbons (Fsp3) is 0.250. The van der Waals surface area contributed by atoms with Gasteiger partial charge in [-0.05, 0) is 31.9 Å². The van der Waals surface area contributed by atoms with Crippen molar-refractivity contribution in [2.24, 2.45) is 0 Å². The third-order valence-corrected chi connectivity index (χ3v) is 4.06. The molecule has 0 aliphatic carbocycles. The van der Waals surface area contributed by atoms with Crippen LogP contribution in [-0.2, 0) is 16.1 Å². The van der Waals surface area contributed by atoms with Gasteiger partial charge in [0.15, 0.2) is 0 Å². The maximum absolute atomic E-state index is 12.2. The van der Waals surface area contributed by atoms with Gasteiger partial charge in [0.05, 0.1) is 23.1 Å². The van der Waals surface area contributed by atoms with Gasteiger partial charge in [0.2, 0.25) is 0 Å². The minimum Gasteiger partial charge on any atom is -0.478 e. The number of hydrogen-bond donors (Lipinski definition) is 2. The normalized spacial score (nSPS) is 12.7. The van der Waals surface area contributed by atoms with Crippen LogP contribution in [0.5, 0.6) is 0 Å². The Labute approximate surface area is 166 Å². The summed E-state index contributed by atoms with van der Waals surface area (Å²) >= 11 is 0. The number of imide groups is 1. The summed E-state index contributed by atoms with van der Waals surface area (Å²) in [5, 5.41) is 15.6. The van der Waals surface area contributed by atoms with Crippen molar-refractivity contribution < 1.29 is 29.4 Å². The maximum Gasteiger partial charge on any atom is 0.328 e. The largest absolute Gasteiger partial charge is 0.478 e. The van der Waals surface area contributed by atoms with Crippen molar-refractivity contribution >= 4 is 23.8 Å². The molecule has 0 radical (unpaired) electrons. The molecule has 0 saturated heterocycles. The number of carbonyl (C=O) groups is 4. The molecule has 1 aromatic carbocycles. The summed E-state index contributed by atoms with van der Waals surface area (Å²) in [5.74, 6) is -2.86. The van der Waals surface area contributed by atoms with Crippen LogP contribution in [0.4, 0.5) is 0 Å². The van der Waals surface area contributed by atoms with E-state index in [1.807, 2.05) is 17.7 Å². The first kappa shape index (κ1) is 21.5. The quantitative estimate of drug-likeness (QED) is 0.414. The summed E-state index contributed by atoms with van der Waals surface area (Å²) < 4.78 is 2.03. The lowest BCUT2D eigenvalue weighted by atomic mass is 10.1. The summed E-state index contributed by atoms with van der Waals surface area (Å²) in [7, 11) is 0. The van der Waals surface area contributed by atoms with Crippen LogP contribution in [-0.4, -0.2) is 55.0 Å². The van der Waals surface area contributed by atoms with Gasteiger partial charge in [-0.2, -0.15) is 0 Å². The van der Waals surface area contributed by atoms with Crippen molar-refractivity contribution in [2.45, 2.75) is 26.3 Å². The lowest BCUT2D eigenvalue weighted by Crippen LogP contribution is -2.30. The molecule has 2 N–H and O–H groups in total. The molecule has 29 heavy (non-hydrogen) atoms. The van der Waals surface area contributed by atoms with Crippen molar-refractivity contribution in [1.29, 1.82) is 0 Å². The number of nitrogens with zero attached hydrogens (tertiary/aromatic N) is 3. The fourth-order valence-corrected chi connectivity index (χ4v) is 2.74. The molecule has 0 unspecified atom stereocenters. The Bertz CT molecular complexity index is 896. The number of unbranched alkanes of at least 4 members (excludes halogenated alkanes) is 1. The predicted molar refractivity (Wildman–Crippen MR) is 102 cm³/mol. The summed E-state index contributed by atoms with van der Waals surface area (Å²) in [5.41, 5.74) is 2.04. The molecule has 1 aliphatic rings. The van der Waals surface area contributed by atoms with Gasteiger partial charge < -0.3 is 14.8 Å². The molecule has 0 fully saturated rings. The van der Waals surface area contributed by atoms with Gasteiger partial charge in [-0.15, -0.1) is 0 Å². The first-order chi connectivity index (χ1) is 13.8. The van der Waals surface area contributed by atoms with Gasteiger partial charge in [0, 0.05) is 31.4 Å². The molecule has 9 nitrogen and oxygen atoms in total. The van der Waals surface area contributed by atoms with Crippen LogP contribution in [0, 0.1) is 6.92 Å². The summed E-state index contributed by atoms with van der Waals surface area (Å²) in [6, 6.07) is 7.00. The second-order valence-electron chi connectivity index (χ2n) is 6.28. The topological polar surface area (TPSA) is 130 Å². The Hall–Kier alpha value is -3.75. The minimum absolute atomic E-state index is 0.172. The first-order valence-corrected chi connectivity index (χ1v) is 8.87. The van der Waals surface area contributed by atoms with Gasteiger partial charge in [-0.1, -0.05) is 12.1 Å². The van der Waals surface area contributed by atoms with Crippen LogP contribution < -0.4 is 0 Å². The standard InChI is InChI=1S/C16H17N3O2.C4H4O4/c1-12-10-18(11-17-12)8-4-5-9-19-15(20)13-6-2-3-7-14(13)16(19)21;5-3(6)1-2-4(7)8/h2-3,6-7,10-11H,4-5,8-9H2,1H3;1-2H,(H,5,6)(H,7,8)/b;2-1+. The number of amides is 2. The van der Waals surface area contributed by atoms with Crippen LogP contribution in [0.1, 0.15) is 39.3 Å². The van der Waals surface area contributed by atoms with Crippen molar-refractivity contribution in [1.82, 2.24) is 14.5 Å². The number of carboxylic acids is 2. The number of imidazole rings is 1. The van der Waals surface area contributed by atoms with Crippen molar-refractivity contribution in [3.63, 3.8) is 0 Å². The van der Waals surface area contributed by atoms with Gasteiger partial charge in [0.25, 0.3) is 11.8 Å². The Morgan fingerprint density at radius 2 is 1.48 bits per heavy atom. The Morgan fingerprint density at radius 1 is 0.966 bits per heavy atom. The lowest BCUT2D eigenvalue weighted by molar-refractivity contribution is -0.134. The Kier molecular flexibility index (Phi) is 7.41. The number of carboxylic acid groups (broad SMARTS) is 2. The van der Waals surface area contributed by atoms with E-state index in [4.69, 9.17) is 10.2 Å². The highest BCUT2D eigenvalue weighted by atomic mass is 16.4. The highest BCUT2D eigenvalue weighted by Crippen LogP contribution is 2.22. The average molecular weight is 399 g/mol. The predicted octanol–water partition coefficient (Wildman–Crippen LogP) is 1.98. The number of carbonyl (C=O) groups excluding carboxylic acids is 2. The highest BCUT2D eigenvalue weighted by Gasteiger charge is 2.34. The van der Waals surface area contributed by atoms with E-state index in [9.17, 15) is 19.2 Å². The lowest BCUT2D eigenvalue weighted by Gasteiger charge is -2.13. The maximum atomic E-state index is 12.2. The monoisotopic (exact) mass is 399 g/mol. The highest BCUT2D eigenvalue weighted by molar-refractivity contribution is 6.21. The molecule has 0 atom stereocenters.